The summed E-state index contributed by atoms with van der Waals surface area (Å²) in [5, 5.41) is 2.97. The summed E-state index contributed by atoms with van der Waals surface area (Å²) in [4.78, 5) is 32.7. The Morgan fingerprint density at radius 1 is 1.55 bits per heavy atom. The predicted molar refractivity (Wildman–Crippen MR) is 81.0 cm³/mol. The van der Waals surface area contributed by atoms with E-state index in [9.17, 15) is 9.59 Å². The van der Waals surface area contributed by atoms with Gasteiger partial charge >= 0.3 is 0 Å². The van der Waals surface area contributed by atoms with E-state index in [0.29, 0.717) is 18.1 Å². The lowest BCUT2D eigenvalue weighted by atomic mass is 10.1. The lowest BCUT2D eigenvalue weighted by Crippen LogP contribution is -2.49. The van der Waals surface area contributed by atoms with Gasteiger partial charge in [-0.25, -0.2) is 4.98 Å². The van der Waals surface area contributed by atoms with Crippen LogP contribution in [0.25, 0.3) is 0 Å². The van der Waals surface area contributed by atoms with Crippen molar-refractivity contribution in [1.29, 1.82) is 0 Å². The van der Waals surface area contributed by atoms with Gasteiger partial charge in [0, 0.05) is 37.1 Å². The molecule has 116 valence electrons. The number of nitrogens with zero attached hydrogens (tertiary/aromatic N) is 2. The van der Waals surface area contributed by atoms with Crippen LogP contribution in [0.3, 0.4) is 0 Å². The normalized spacial score (nSPS) is 18.2. The maximum absolute atomic E-state index is 12.2. The highest BCUT2D eigenvalue weighted by atomic mass is 16.3. The summed E-state index contributed by atoms with van der Waals surface area (Å²) >= 11 is 0. The molecule has 2 N–H and O–H groups in total. The fourth-order valence-electron chi connectivity index (χ4n) is 2.71. The molecule has 1 amide bonds. The fraction of sp³-hybridized carbons (Fsp3) is 0.400. The summed E-state index contributed by atoms with van der Waals surface area (Å²) in [6.07, 6.45) is 6.33. The maximum Gasteiger partial charge on any atom is 0.290 e. The van der Waals surface area contributed by atoms with Gasteiger partial charge in [0.1, 0.15) is 0 Å². The van der Waals surface area contributed by atoms with Gasteiger partial charge in [0.15, 0.2) is 11.6 Å². The number of aromatic nitrogens is 2. The Kier molecular flexibility index (Phi) is 3.95. The number of aromatic amines is 1. The van der Waals surface area contributed by atoms with Gasteiger partial charge in [0.2, 0.25) is 0 Å². The van der Waals surface area contributed by atoms with Crippen LogP contribution in [0.2, 0.25) is 0 Å². The van der Waals surface area contributed by atoms with Crippen LogP contribution in [0.1, 0.15) is 29.0 Å². The summed E-state index contributed by atoms with van der Waals surface area (Å²) in [7, 11) is 0. The zero-order valence-electron chi connectivity index (χ0n) is 12.3. The molecule has 2 aromatic rings. The van der Waals surface area contributed by atoms with Crippen LogP contribution in [-0.2, 0) is 0 Å². The lowest BCUT2D eigenvalue weighted by Gasteiger charge is -2.33. The molecule has 3 rings (SSSR count). The molecule has 1 saturated heterocycles. The zero-order valence-corrected chi connectivity index (χ0v) is 12.3. The van der Waals surface area contributed by atoms with Crippen molar-refractivity contribution in [2.45, 2.75) is 25.8 Å². The third-order valence-corrected chi connectivity index (χ3v) is 3.81. The highest BCUT2D eigenvalue weighted by Gasteiger charge is 2.25. The summed E-state index contributed by atoms with van der Waals surface area (Å²) < 4.78 is 5.21. The van der Waals surface area contributed by atoms with Gasteiger partial charge in [0.25, 0.3) is 11.5 Å². The first-order chi connectivity index (χ1) is 10.6. The molecule has 3 heterocycles. The van der Waals surface area contributed by atoms with E-state index in [4.69, 9.17) is 4.42 Å². The monoisotopic (exact) mass is 302 g/mol. The maximum atomic E-state index is 12.2. The van der Waals surface area contributed by atoms with Crippen LogP contribution >= 0.6 is 0 Å². The number of nitrogens with one attached hydrogen (secondary N) is 2. The molecule has 1 fully saturated rings. The van der Waals surface area contributed by atoms with Crippen molar-refractivity contribution >= 4 is 11.7 Å². The second-order valence-corrected chi connectivity index (χ2v) is 5.43. The Bertz CT molecular complexity index is 721. The van der Waals surface area contributed by atoms with Crippen molar-refractivity contribution in [3.63, 3.8) is 0 Å². The van der Waals surface area contributed by atoms with Crippen LogP contribution in [-0.4, -0.2) is 35.0 Å². The first-order valence-corrected chi connectivity index (χ1v) is 7.29. The largest absolute Gasteiger partial charge is 0.459 e. The highest BCUT2D eigenvalue weighted by Crippen LogP contribution is 2.15. The minimum atomic E-state index is -0.218. The Balaban J connectivity index is 1.69. The number of hydrogen-bond donors (Lipinski definition) is 2. The first kappa shape index (κ1) is 14.4. The number of piperidine rings is 1. The van der Waals surface area contributed by atoms with Gasteiger partial charge in [-0.1, -0.05) is 0 Å². The Morgan fingerprint density at radius 2 is 2.41 bits per heavy atom. The average molecular weight is 302 g/mol. The van der Waals surface area contributed by atoms with Crippen molar-refractivity contribution in [2.75, 3.05) is 18.0 Å². The molecule has 0 radical (unpaired) electrons. The van der Waals surface area contributed by atoms with Gasteiger partial charge < -0.3 is 19.6 Å². The lowest BCUT2D eigenvalue weighted by molar-refractivity contribution is 0.0904. The molecule has 22 heavy (non-hydrogen) atoms. The Hall–Kier alpha value is -2.57. The average Bonchev–Trinajstić information content (AvgIpc) is 2.94. The minimum absolute atomic E-state index is 0.0350. The Morgan fingerprint density at radius 3 is 3.14 bits per heavy atom. The molecule has 7 nitrogen and oxygen atoms in total. The predicted octanol–water partition coefficient (Wildman–Crippen LogP) is 1.07. The quantitative estimate of drug-likeness (QED) is 0.885. The second kappa shape index (κ2) is 6.05. The van der Waals surface area contributed by atoms with Crippen LogP contribution in [0.15, 0.2) is 33.9 Å². The van der Waals surface area contributed by atoms with Gasteiger partial charge in [-0.15, -0.1) is 0 Å². The molecule has 0 aromatic carbocycles. The summed E-state index contributed by atoms with van der Waals surface area (Å²) in [6, 6.07) is 1.72. The number of H-pyrrole nitrogens is 1. The van der Waals surface area contributed by atoms with Crippen molar-refractivity contribution in [3.8, 4) is 0 Å². The summed E-state index contributed by atoms with van der Waals surface area (Å²) in [5.74, 6) is 0.521. The van der Waals surface area contributed by atoms with E-state index >= 15 is 0 Å². The number of carbonyl (C=O) groups is 1. The number of hydrogen-bond acceptors (Lipinski definition) is 5. The minimum Gasteiger partial charge on any atom is -0.459 e. The van der Waals surface area contributed by atoms with Crippen LogP contribution < -0.4 is 15.8 Å². The van der Waals surface area contributed by atoms with E-state index in [1.54, 1.807) is 12.3 Å². The molecule has 1 atom stereocenters. The molecule has 0 spiro atoms. The number of aryl methyl sites for hydroxylation is 1. The van der Waals surface area contributed by atoms with E-state index < -0.39 is 0 Å². The third-order valence-electron chi connectivity index (χ3n) is 3.81. The molecule has 7 heteroatoms. The topological polar surface area (TPSA) is 91.2 Å². The highest BCUT2D eigenvalue weighted by molar-refractivity contribution is 5.93. The standard InChI is InChI=1S/C15H18N4O3/c1-10-4-8-22-12(10)14(20)18-11-3-2-7-19(9-11)13-15(21)17-6-5-16-13/h4-6,8,11H,2-3,7,9H2,1H3,(H,17,21)(H,18,20). The summed E-state index contributed by atoms with van der Waals surface area (Å²) in [5.41, 5.74) is 0.600. The van der Waals surface area contributed by atoms with E-state index in [1.807, 2.05) is 11.8 Å². The van der Waals surface area contributed by atoms with Crippen molar-refractivity contribution in [1.82, 2.24) is 15.3 Å². The van der Waals surface area contributed by atoms with Gasteiger partial charge in [-0.05, 0) is 25.8 Å². The fourth-order valence-corrected chi connectivity index (χ4v) is 2.71. The number of rotatable bonds is 3. The molecule has 1 aliphatic rings. The Labute approximate surface area is 127 Å². The van der Waals surface area contributed by atoms with E-state index in [1.165, 1.54) is 12.5 Å². The van der Waals surface area contributed by atoms with E-state index in [0.717, 1.165) is 24.9 Å². The van der Waals surface area contributed by atoms with Crippen molar-refractivity contribution < 1.29 is 9.21 Å². The number of carbonyl (C=O) groups excluding carboxylic acids is 1. The molecule has 0 bridgehead atoms. The van der Waals surface area contributed by atoms with Crippen LogP contribution in [0.4, 0.5) is 5.82 Å². The number of amides is 1. The molecule has 1 unspecified atom stereocenters. The molecular weight excluding hydrogens is 284 g/mol. The van der Waals surface area contributed by atoms with E-state index in [2.05, 4.69) is 15.3 Å². The van der Waals surface area contributed by atoms with Gasteiger partial charge in [-0.2, -0.15) is 0 Å². The van der Waals surface area contributed by atoms with Gasteiger partial charge in [-0.3, -0.25) is 9.59 Å². The molecule has 2 aromatic heterocycles. The number of anilines is 1. The number of furan rings is 1. The SMILES string of the molecule is Cc1ccoc1C(=O)NC1CCCN(c2ncc[nH]c2=O)C1. The second-order valence-electron chi connectivity index (χ2n) is 5.43. The van der Waals surface area contributed by atoms with E-state index in [-0.39, 0.29) is 17.5 Å². The van der Waals surface area contributed by atoms with Crippen molar-refractivity contribution in [3.05, 3.63) is 46.4 Å². The summed E-state index contributed by atoms with van der Waals surface area (Å²) in [6.45, 7) is 3.15. The third kappa shape index (κ3) is 2.88. The van der Waals surface area contributed by atoms with Gasteiger partial charge in [0.05, 0.1) is 6.26 Å². The van der Waals surface area contributed by atoms with Crippen LogP contribution in [0.5, 0.6) is 0 Å². The molecule has 0 saturated carbocycles. The smallest absolute Gasteiger partial charge is 0.290 e. The molecular formula is C15H18N4O3. The molecule has 0 aliphatic carbocycles. The van der Waals surface area contributed by atoms with Crippen molar-refractivity contribution in [2.24, 2.45) is 0 Å². The molecule has 1 aliphatic heterocycles. The van der Waals surface area contributed by atoms with Crippen LogP contribution in [0, 0.1) is 6.92 Å². The zero-order chi connectivity index (χ0) is 15.5. The first-order valence-electron chi connectivity index (χ1n) is 7.29.